The Morgan fingerprint density at radius 1 is 1.18 bits per heavy atom. The van der Waals surface area contributed by atoms with Crippen LogP contribution in [0.4, 0.5) is 8.78 Å². The third-order valence-electron chi connectivity index (χ3n) is 3.06. The molecule has 1 aromatic carbocycles. The Bertz CT molecular complexity index is 620. The molecule has 1 heterocycles. The van der Waals surface area contributed by atoms with Crippen LogP contribution in [-0.4, -0.2) is 17.4 Å². The summed E-state index contributed by atoms with van der Waals surface area (Å²) in [5.74, 6) is -1.06. The van der Waals surface area contributed by atoms with Crippen LogP contribution in [0.2, 0.25) is 0 Å². The summed E-state index contributed by atoms with van der Waals surface area (Å²) in [6.07, 6.45) is 3.61. The molecule has 1 aromatic heterocycles. The lowest BCUT2D eigenvalue weighted by molar-refractivity contribution is -0.121. The molecule has 0 aliphatic carbocycles. The zero-order valence-corrected chi connectivity index (χ0v) is 12.0. The molecule has 0 atom stereocenters. The lowest BCUT2D eigenvalue weighted by Gasteiger charge is -2.07. The van der Waals surface area contributed by atoms with Crippen molar-refractivity contribution in [3.05, 3.63) is 65.5 Å². The number of hydrogen-bond donors (Lipinski definition) is 2. The number of benzene rings is 1. The predicted molar refractivity (Wildman–Crippen MR) is 78.8 cm³/mol. The number of hydrogen-bond acceptors (Lipinski definition) is 3. The number of pyridine rings is 1. The van der Waals surface area contributed by atoms with E-state index in [1.807, 2.05) is 6.07 Å². The van der Waals surface area contributed by atoms with Gasteiger partial charge in [0.15, 0.2) is 0 Å². The smallest absolute Gasteiger partial charge is 0.221 e. The quantitative estimate of drug-likeness (QED) is 0.771. The van der Waals surface area contributed by atoms with E-state index in [1.54, 1.807) is 18.5 Å². The van der Waals surface area contributed by atoms with E-state index in [1.165, 1.54) is 0 Å². The van der Waals surface area contributed by atoms with Crippen LogP contribution < -0.4 is 10.6 Å². The molecule has 0 saturated carbocycles. The van der Waals surface area contributed by atoms with E-state index in [0.29, 0.717) is 13.1 Å². The van der Waals surface area contributed by atoms with E-state index in [-0.39, 0.29) is 24.4 Å². The lowest BCUT2D eigenvalue weighted by Crippen LogP contribution is -2.27. The van der Waals surface area contributed by atoms with Crippen LogP contribution in [-0.2, 0) is 17.9 Å². The van der Waals surface area contributed by atoms with Gasteiger partial charge in [0, 0.05) is 44.0 Å². The molecule has 0 bridgehead atoms. The number of aromatic nitrogens is 1. The third kappa shape index (κ3) is 5.21. The topological polar surface area (TPSA) is 54.0 Å². The number of rotatable bonds is 7. The van der Waals surface area contributed by atoms with Gasteiger partial charge in [-0.15, -0.1) is 0 Å². The van der Waals surface area contributed by atoms with Crippen molar-refractivity contribution in [2.45, 2.75) is 19.5 Å². The number of carbonyl (C=O) groups is 1. The van der Waals surface area contributed by atoms with Crippen LogP contribution in [0.3, 0.4) is 0 Å². The molecule has 116 valence electrons. The summed E-state index contributed by atoms with van der Waals surface area (Å²) in [5.41, 5.74) is 1.17. The summed E-state index contributed by atoms with van der Waals surface area (Å²) >= 11 is 0. The maximum Gasteiger partial charge on any atom is 0.221 e. The highest BCUT2D eigenvalue weighted by Gasteiger charge is 2.05. The SMILES string of the molecule is O=C(CCNCc1cc(F)ccc1F)NCc1cccnc1. The van der Waals surface area contributed by atoms with Gasteiger partial charge in [0.05, 0.1) is 0 Å². The van der Waals surface area contributed by atoms with Crippen molar-refractivity contribution in [1.82, 2.24) is 15.6 Å². The summed E-state index contributed by atoms with van der Waals surface area (Å²) in [6, 6.07) is 6.98. The molecule has 0 aliphatic rings. The molecule has 6 heteroatoms. The molecule has 0 saturated heterocycles. The minimum absolute atomic E-state index is 0.115. The molecule has 2 aromatic rings. The molecule has 0 radical (unpaired) electrons. The number of nitrogens with one attached hydrogen (secondary N) is 2. The minimum Gasteiger partial charge on any atom is -0.352 e. The van der Waals surface area contributed by atoms with Crippen molar-refractivity contribution in [3.8, 4) is 0 Å². The molecule has 0 fully saturated rings. The number of carbonyl (C=O) groups excluding carboxylic acids is 1. The minimum atomic E-state index is -0.479. The van der Waals surface area contributed by atoms with Gasteiger partial charge in [-0.2, -0.15) is 0 Å². The van der Waals surface area contributed by atoms with Gasteiger partial charge in [-0.25, -0.2) is 8.78 Å². The Hall–Kier alpha value is -2.34. The first-order valence-electron chi connectivity index (χ1n) is 6.95. The summed E-state index contributed by atoms with van der Waals surface area (Å²) in [7, 11) is 0. The highest BCUT2D eigenvalue weighted by Crippen LogP contribution is 2.09. The first-order valence-corrected chi connectivity index (χ1v) is 6.95. The van der Waals surface area contributed by atoms with E-state index < -0.39 is 11.6 Å². The average Bonchev–Trinajstić information content (AvgIpc) is 2.53. The Labute approximate surface area is 127 Å². The van der Waals surface area contributed by atoms with Crippen LogP contribution in [0.5, 0.6) is 0 Å². The van der Waals surface area contributed by atoms with Crippen molar-refractivity contribution in [2.75, 3.05) is 6.54 Å². The van der Waals surface area contributed by atoms with Gasteiger partial charge in [0.25, 0.3) is 0 Å². The highest BCUT2D eigenvalue weighted by atomic mass is 19.1. The maximum atomic E-state index is 13.4. The van der Waals surface area contributed by atoms with Gasteiger partial charge in [0.2, 0.25) is 5.91 Å². The summed E-state index contributed by atoms with van der Waals surface area (Å²) in [4.78, 5) is 15.6. The largest absolute Gasteiger partial charge is 0.352 e. The van der Waals surface area contributed by atoms with E-state index in [9.17, 15) is 13.6 Å². The van der Waals surface area contributed by atoms with Gasteiger partial charge >= 0.3 is 0 Å². The molecule has 2 rings (SSSR count). The first kappa shape index (κ1) is 16.0. The van der Waals surface area contributed by atoms with Crippen molar-refractivity contribution in [2.24, 2.45) is 0 Å². The summed E-state index contributed by atoms with van der Waals surface area (Å²) in [6.45, 7) is 0.986. The van der Waals surface area contributed by atoms with Crippen molar-refractivity contribution < 1.29 is 13.6 Å². The van der Waals surface area contributed by atoms with Gasteiger partial charge in [0.1, 0.15) is 11.6 Å². The standard InChI is InChI=1S/C16H17F2N3O/c17-14-3-4-15(18)13(8-14)11-20-7-5-16(22)21-10-12-2-1-6-19-9-12/h1-4,6,8-9,20H,5,7,10-11H2,(H,21,22). The summed E-state index contributed by atoms with van der Waals surface area (Å²) in [5, 5.41) is 5.68. The van der Waals surface area contributed by atoms with Gasteiger partial charge < -0.3 is 10.6 Å². The Kier molecular flexibility index (Phi) is 5.97. The maximum absolute atomic E-state index is 13.4. The van der Waals surface area contributed by atoms with Crippen LogP contribution in [0.1, 0.15) is 17.5 Å². The zero-order valence-electron chi connectivity index (χ0n) is 12.0. The zero-order chi connectivity index (χ0) is 15.8. The first-order chi connectivity index (χ1) is 10.6. The van der Waals surface area contributed by atoms with Gasteiger partial charge in [-0.05, 0) is 29.8 Å². The Balaban J connectivity index is 1.66. The van der Waals surface area contributed by atoms with E-state index >= 15 is 0 Å². The highest BCUT2D eigenvalue weighted by molar-refractivity contribution is 5.76. The monoisotopic (exact) mass is 305 g/mol. The van der Waals surface area contributed by atoms with Crippen LogP contribution >= 0.6 is 0 Å². The fourth-order valence-electron chi connectivity index (χ4n) is 1.90. The average molecular weight is 305 g/mol. The van der Waals surface area contributed by atoms with E-state index in [2.05, 4.69) is 15.6 Å². The van der Waals surface area contributed by atoms with Crippen LogP contribution in [0.25, 0.3) is 0 Å². The molecule has 1 amide bonds. The molecule has 0 spiro atoms. The second kappa shape index (κ2) is 8.19. The fraction of sp³-hybridized carbons (Fsp3) is 0.250. The summed E-state index contributed by atoms with van der Waals surface area (Å²) < 4.78 is 26.4. The van der Waals surface area contributed by atoms with Crippen LogP contribution in [0, 0.1) is 11.6 Å². The van der Waals surface area contributed by atoms with Gasteiger partial charge in [-0.1, -0.05) is 6.07 Å². The lowest BCUT2D eigenvalue weighted by atomic mass is 10.2. The molecule has 0 unspecified atom stereocenters. The molecular weight excluding hydrogens is 288 g/mol. The molecule has 2 N–H and O–H groups in total. The van der Waals surface area contributed by atoms with E-state index in [4.69, 9.17) is 0 Å². The second-order valence-corrected chi connectivity index (χ2v) is 4.80. The number of nitrogens with zero attached hydrogens (tertiary/aromatic N) is 1. The molecule has 4 nitrogen and oxygen atoms in total. The number of amides is 1. The molecule has 22 heavy (non-hydrogen) atoms. The third-order valence-corrected chi connectivity index (χ3v) is 3.06. The molecular formula is C16H17F2N3O. The molecule has 0 aliphatic heterocycles. The van der Waals surface area contributed by atoms with Crippen molar-refractivity contribution in [3.63, 3.8) is 0 Å². The Morgan fingerprint density at radius 3 is 2.82 bits per heavy atom. The predicted octanol–water partition coefficient (Wildman–Crippen LogP) is 2.16. The van der Waals surface area contributed by atoms with Crippen molar-refractivity contribution >= 4 is 5.91 Å². The van der Waals surface area contributed by atoms with Crippen LogP contribution in [0.15, 0.2) is 42.7 Å². The second-order valence-electron chi connectivity index (χ2n) is 4.80. The number of halogens is 2. The Morgan fingerprint density at radius 2 is 2.05 bits per heavy atom. The van der Waals surface area contributed by atoms with Crippen molar-refractivity contribution in [1.29, 1.82) is 0 Å². The fourth-order valence-corrected chi connectivity index (χ4v) is 1.90. The normalized spacial score (nSPS) is 10.5. The van der Waals surface area contributed by atoms with Gasteiger partial charge in [-0.3, -0.25) is 9.78 Å². The van der Waals surface area contributed by atoms with E-state index in [0.717, 1.165) is 23.8 Å².